The van der Waals surface area contributed by atoms with Crippen molar-refractivity contribution in [3.8, 4) is 0 Å². The molecular formula is C14H22N2O. The van der Waals surface area contributed by atoms with E-state index in [-0.39, 0.29) is 12.1 Å². The molecule has 1 aromatic rings. The second kappa shape index (κ2) is 6.15. The molecule has 3 nitrogen and oxygen atoms in total. The minimum Gasteiger partial charge on any atom is -0.393 e. The Balaban J connectivity index is 1.76. The van der Waals surface area contributed by atoms with E-state index in [4.69, 9.17) is 5.73 Å². The molecule has 0 bridgehead atoms. The predicted octanol–water partition coefficient (Wildman–Crippen LogP) is 1.01. The van der Waals surface area contributed by atoms with E-state index >= 15 is 0 Å². The first-order chi connectivity index (χ1) is 8.24. The van der Waals surface area contributed by atoms with Gasteiger partial charge in [-0.1, -0.05) is 30.3 Å². The zero-order valence-electron chi connectivity index (χ0n) is 10.3. The Kier molecular flexibility index (Phi) is 4.54. The maximum Gasteiger partial charge on any atom is 0.0564 e. The maximum absolute atomic E-state index is 9.44. The standard InChI is InChI=1S/C14H22N2O/c15-13(10-12-4-2-1-3-5-12)11-16-8-6-14(17)7-9-16/h1-5,13-14,17H,6-11,15H2. The van der Waals surface area contributed by atoms with Crippen molar-refractivity contribution in [2.45, 2.75) is 31.4 Å². The van der Waals surface area contributed by atoms with Gasteiger partial charge in [-0.2, -0.15) is 0 Å². The average molecular weight is 234 g/mol. The van der Waals surface area contributed by atoms with Gasteiger partial charge in [-0.25, -0.2) is 0 Å². The quantitative estimate of drug-likeness (QED) is 0.817. The van der Waals surface area contributed by atoms with Crippen molar-refractivity contribution in [2.24, 2.45) is 5.73 Å². The highest BCUT2D eigenvalue weighted by atomic mass is 16.3. The molecule has 3 N–H and O–H groups in total. The van der Waals surface area contributed by atoms with Gasteiger partial charge in [0.15, 0.2) is 0 Å². The summed E-state index contributed by atoms with van der Waals surface area (Å²) in [6.07, 6.45) is 2.60. The van der Waals surface area contributed by atoms with Crippen LogP contribution < -0.4 is 5.73 Å². The highest BCUT2D eigenvalue weighted by Gasteiger charge is 2.18. The number of piperidine rings is 1. The Hall–Kier alpha value is -0.900. The van der Waals surface area contributed by atoms with Crippen molar-refractivity contribution in [3.05, 3.63) is 35.9 Å². The Morgan fingerprint density at radius 2 is 1.88 bits per heavy atom. The molecule has 1 atom stereocenters. The van der Waals surface area contributed by atoms with E-state index in [2.05, 4.69) is 29.2 Å². The monoisotopic (exact) mass is 234 g/mol. The summed E-state index contributed by atoms with van der Waals surface area (Å²) in [5.41, 5.74) is 7.47. The van der Waals surface area contributed by atoms with Crippen LogP contribution in [0.4, 0.5) is 0 Å². The number of aliphatic hydroxyl groups excluding tert-OH is 1. The summed E-state index contributed by atoms with van der Waals surface area (Å²) in [6, 6.07) is 10.6. The van der Waals surface area contributed by atoms with Crippen molar-refractivity contribution in [1.29, 1.82) is 0 Å². The summed E-state index contributed by atoms with van der Waals surface area (Å²) >= 11 is 0. The lowest BCUT2D eigenvalue weighted by Crippen LogP contribution is -2.43. The first kappa shape index (κ1) is 12.6. The summed E-state index contributed by atoms with van der Waals surface area (Å²) in [7, 11) is 0. The van der Waals surface area contributed by atoms with Crippen LogP contribution in [0, 0.1) is 0 Å². The van der Waals surface area contributed by atoms with Gasteiger partial charge in [-0.3, -0.25) is 0 Å². The molecule has 0 aromatic heterocycles. The SMILES string of the molecule is NC(Cc1ccccc1)CN1CCC(O)CC1. The maximum atomic E-state index is 9.44. The highest BCUT2D eigenvalue weighted by molar-refractivity contribution is 5.15. The van der Waals surface area contributed by atoms with E-state index in [1.807, 2.05) is 6.07 Å². The van der Waals surface area contributed by atoms with Crippen molar-refractivity contribution >= 4 is 0 Å². The van der Waals surface area contributed by atoms with Gasteiger partial charge in [0.1, 0.15) is 0 Å². The molecule has 1 aliphatic heterocycles. The number of benzene rings is 1. The van der Waals surface area contributed by atoms with E-state index < -0.39 is 0 Å². The van der Waals surface area contributed by atoms with Gasteiger partial charge in [0.25, 0.3) is 0 Å². The summed E-state index contributed by atoms with van der Waals surface area (Å²) in [5.74, 6) is 0. The molecule has 0 radical (unpaired) electrons. The summed E-state index contributed by atoms with van der Waals surface area (Å²) in [6.45, 7) is 2.88. The molecule has 3 heteroatoms. The summed E-state index contributed by atoms with van der Waals surface area (Å²) in [4.78, 5) is 2.36. The molecule has 0 saturated carbocycles. The van der Waals surface area contributed by atoms with E-state index in [0.717, 1.165) is 38.9 Å². The molecule has 1 saturated heterocycles. The van der Waals surface area contributed by atoms with Crippen LogP contribution in [0.15, 0.2) is 30.3 Å². The van der Waals surface area contributed by atoms with Crippen molar-refractivity contribution in [3.63, 3.8) is 0 Å². The molecule has 1 aromatic carbocycles. The molecule has 0 amide bonds. The fraction of sp³-hybridized carbons (Fsp3) is 0.571. The third kappa shape index (κ3) is 4.11. The van der Waals surface area contributed by atoms with Gasteiger partial charge < -0.3 is 15.7 Å². The van der Waals surface area contributed by atoms with Gasteiger partial charge in [-0.05, 0) is 24.8 Å². The third-order valence-electron chi connectivity index (χ3n) is 3.39. The highest BCUT2D eigenvalue weighted by Crippen LogP contribution is 2.11. The molecule has 0 spiro atoms. The van der Waals surface area contributed by atoms with Crippen LogP contribution >= 0.6 is 0 Å². The Bertz CT molecular complexity index is 320. The van der Waals surface area contributed by atoms with Gasteiger partial charge in [0.05, 0.1) is 6.10 Å². The number of aliphatic hydroxyl groups is 1. The van der Waals surface area contributed by atoms with Crippen LogP contribution in [0.5, 0.6) is 0 Å². The largest absolute Gasteiger partial charge is 0.393 e. The number of nitrogens with two attached hydrogens (primary N) is 1. The normalized spacial score (nSPS) is 20.4. The second-order valence-corrected chi connectivity index (χ2v) is 4.98. The van der Waals surface area contributed by atoms with E-state index in [1.165, 1.54) is 5.56 Å². The third-order valence-corrected chi connectivity index (χ3v) is 3.39. The van der Waals surface area contributed by atoms with Crippen molar-refractivity contribution in [2.75, 3.05) is 19.6 Å². The summed E-state index contributed by atoms with van der Waals surface area (Å²) in [5, 5.41) is 9.44. The molecule has 1 aliphatic rings. The lowest BCUT2D eigenvalue weighted by atomic mass is 10.0. The van der Waals surface area contributed by atoms with E-state index in [9.17, 15) is 5.11 Å². The molecular weight excluding hydrogens is 212 g/mol. The number of hydrogen-bond acceptors (Lipinski definition) is 3. The molecule has 1 fully saturated rings. The van der Waals surface area contributed by atoms with Gasteiger partial charge in [-0.15, -0.1) is 0 Å². The predicted molar refractivity (Wildman–Crippen MR) is 69.8 cm³/mol. The minimum atomic E-state index is -0.100. The zero-order chi connectivity index (χ0) is 12.1. The van der Waals surface area contributed by atoms with Crippen LogP contribution in [0.25, 0.3) is 0 Å². The Morgan fingerprint density at radius 3 is 2.53 bits per heavy atom. The number of hydrogen-bond donors (Lipinski definition) is 2. The zero-order valence-corrected chi connectivity index (χ0v) is 10.3. The molecule has 0 aliphatic carbocycles. The van der Waals surface area contributed by atoms with Gasteiger partial charge >= 0.3 is 0 Å². The van der Waals surface area contributed by atoms with Crippen molar-refractivity contribution < 1.29 is 5.11 Å². The molecule has 1 heterocycles. The first-order valence-corrected chi connectivity index (χ1v) is 6.44. The molecule has 17 heavy (non-hydrogen) atoms. The fourth-order valence-corrected chi connectivity index (χ4v) is 2.41. The number of likely N-dealkylation sites (tertiary alicyclic amines) is 1. The Morgan fingerprint density at radius 1 is 1.24 bits per heavy atom. The number of rotatable bonds is 4. The van der Waals surface area contributed by atoms with E-state index in [0.29, 0.717) is 0 Å². The van der Waals surface area contributed by atoms with Crippen molar-refractivity contribution in [1.82, 2.24) is 4.90 Å². The fourth-order valence-electron chi connectivity index (χ4n) is 2.41. The Labute approximate surface area is 103 Å². The van der Waals surface area contributed by atoms with E-state index in [1.54, 1.807) is 0 Å². The van der Waals surface area contributed by atoms with Crippen LogP contribution in [0.3, 0.4) is 0 Å². The van der Waals surface area contributed by atoms with Crippen LogP contribution in [0.2, 0.25) is 0 Å². The molecule has 1 unspecified atom stereocenters. The molecule has 94 valence electrons. The smallest absolute Gasteiger partial charge is 0.0564 e. The lowest BCUT2D eigenvalue weighted by molar-refractivity contribution is 0.0798. The molecule has 2 rings (SSSR count). The summed E-state index contributed by atoms with van der Waals surface area (Å²) < 4.78 is 0. The number of nitrogens with zero attached hydrogens (tertiary/aromatic N) is 1. The first-order valence-electron chi connectivity index (χ1n) is 6.44. The minimum absolute atomic E-state index is 0.100. The lowest BCUT2D eigenvalue weighted by Gasteiger charge is -2.31. The van der Waals surface area contributed by atoms with Gasteiger partial charge in [0.2, 0.25) is 0 Å². The van der Waals surface area contributed by atoms with Crippen LogP contribution in [-0.4, -0.2) is 41.8 Å². The average Bonchev–Trinajstić information content (AvgIpc) is 2.33. The van der Waals surface area contributed by atoms with Gasteiger partial charge in [0, 0.05) is 25.7 Å². The van der Waals surface area contributed by atoms with Crippen LogP contribution in [-0.2, 0) is 6.42 Å². The van der Waals surface area contributed by atoms with Crippen LogP contribution in [0.1, 0.15) is 18.4 Å². The second-order valence-electron chi connectivity index (χ2n) is 4.98. The topological polar surface area (TPSA) is 49.5 Å².